The number of imide groups is 1. The van der Waals surface area contributed by atoms with Crippen LogP contribution in [0.4, 0.5) is 4.79 Å². The third kappa shape index (κ3) is 3.96. The molecule has 4 N–H and O–H groups in total. The SMILES string of the molecule is CNC(=O)NC(=O)C(C)N1CCC(C(C)N)CC1. The number of piperidine rings is 1. The van der Waals surface area contributed by atoms with Gasteiger partial charge in [0.2, 0.25) is 5.91 Å². The number of carbonyl (C=O) groups is 2. The Morgan fingerprint density at radius 2 is 1.83 bits per heavy atom. The number of carbonyl (C=O) groups excluding carboxylic acids is 2. The zero-order chi connectivity index (χ0) is 13.7. The number of nitrogens with one attached hydrogen (secondary N) is 2. The summed E-state index contributed by atoms with van der Waals surface area (Å²) in [6.45, 7) is 5.57. The van der Waals surface area contributed by atoms with E-state index in [0.717, 1.165) is 25.9 Å². The van der Waals surface area contributed by atoms with Crippen LogP contribution in [0.15, 0.2) is 0 Å². The van der Waals surface area contributed by atoms with Crippen molar-refractivity contribution < 1.29 is 9.59 Å². The molecule has 2 atom stereocenters. The topological polar surface area (TPSA) is 87.5 Å². The van der Waals surface area contributed by atoms with E-state index in [0.29, 0.717) is 5.92 Å². The van der Waals surface area contributed by atoms with E-state index in [4.69, 9.17) is 5.73 Å². The first kappa shape index (κ1) is 14.9. The summed E-state index contributed by atoms with van der Waals surface area (Å²) in [7, 11) is 1.49. The van der Waals surface area contributed by atoms with Gasteiger partial charge >= 0.3 is 6.03 Å². The van der Waals surface area contributed by atoms with Gasteiger partial charge in [-0.1, -0.05) is 0 Å². The lowest BCUT2D eigenvalue weighted by Gasteiger charge is -2.36. The van der Waals surface area contributed by atoms with E-state index < -0.39 is 6.03 Å². The third-order valence-electron chi connectivity index (χ3n) is 3.71. The number of hydrogen-bond acceptors (Lipinski definition) is 4. The Labute approximate surface area is 108 Å². The Morgan fingerprint density at radius 3 is 2.28 bits per heavy atom. The Kier molecular flexibility index (Phi) is 5.55. The van der Waals surface area contributed by atoms with Crippen LogP contribution in [-0.2, 0) is 4.79 Å². The molecule has 3 amide bonds. The van der Waals surface area contributed by atoms with Crippen molar-refractivity contribution in [3.05, 3.63) is 0 Å². The first-order chi connectivity index (χ1) is 8.45. The number of urea groups is 1. The van der Waals surface area contributed by atoms with Crippen molar-refractivity contribution in [2.75, 3.05) is 20.1 Å². The normalized spacial score (nSPS) is 21.1. The van der Waals surface area contributed by atoms with Crippen molar-refractivity contribution in [3.63, 3.8) is 0 Å². The first-order valence-corrected chi connectivity index (χ1v) is 6.48. The van der Waals surface area contributed by atoms with Crippen LogP contribution >= 0.6 is 0 Å². The van der Waals surface area contributed by atoms with E-state index in [9.17, 15) is 9.59 Å². The molecule has 0 bridgehead atoms. The average Bonchev–Trinajstić information content (AvgIpc) is 2.37. The molecule has 1 rings (SSSR count). The number of likely N-dealkylation sites (tertiary alicyclic amines) is 1. The van der Waals surface area contributed by atoms with Crippen molar-refractivity contribution in [2.24, 2.45) is 11.7 Å². The summed E-state index contributed by atoms with van der Waals surface area (Å²) in [5.41, 5.74) is 5.88. The molecule has 6 heteroatoms. The maximum atomic E-state index is 11.8. The van der Waals surface area contributed by atoms with Crippen LogP contribution in [0.2, 0.25) is 0 Å². The maximum absolute atomic E-state index is 11.8. The van der Waals surface area contributed by atoms with Crippen LogP contribution in [0.25, 0.3) is 0 Å². The zero-order valence-corrected chi connectivity index (χ0v) is 11.4. The largest absolute Gasteiger partial charge is 0.341 e. The minimum atomic E-state index is -0.461. The van der Waals surface area contributed by atoms with Gasteiger partial charge in [-0.2, -0.15) is 0 Å². The second kappa shape index (κ2) is 6.70. The Hall–Kier alpha value is -1.14. The standard InChI is InChI=1S/C12H24N4O2/c1-8(13)10-4-6-16(7-5-10)9(2)11(17)15-12(18)14-3/h8-10H,4-7,13H2,1-3H3,(H2,14,15,17,18). The lowest BCUT2D eigenvalue weighted by Crippen LogP contribution is -2.52. The lowest BCUT2D eigenvalue weighted by atomic mass is 9.90. The van der Waals surface area contributed by atoms with Gasteiger partial charge in [0.05, 0.1) is 6.04 Å². The summed E-state index contributed by atoms with van der Waals surface area (Å²) in [6.07, 6.45) is 2.02. The number of nitrogens with two attached hydrogens (primary N) is 1. The van der Waals surface area contributed by atoms with Gasteiger partial charge in [0, 0.05) is 13.1 Å². The molecule has 0 aromatic heterocycles. The van der Waals surface area contributed by atoms with E-state index in [2.05, 4.69) is 15.5 Å². The molecule has 1 heterocycles. The van der Waals surface area contributed by atoms with Crippen molar-refractivity contribution in [1.82, 2.24) is 15.5 Å². The summed E-state index contributed by atoms with van der Waals surface area (Å²) >= 11 is 0. The molecule has 1 saturated heterocycles. The summed E-state index contributed by atoms with van der Waals surface area (Å²) in [4.78, 5) is 25.0. The minimum Gasteiger partial charge on any atom is -0.341 e. The number of hydrogen-bond donors (Lipinski definition) is 3. The molecule has 104 valence electrons. The van der Waals surface area contributed by atoms with E-state index in [1.807, 2.05) is 13.8 Å². The quantitative estimate of drug-likeness (QED) is 0.657. The second-order valence-corrected chi connectivity index (χ2v) is 4.98. The second-order valence-electron chi connectivity index (χ2n) is 4.98. The molecule has 0 radical (unpaired) electrons. The van der Waals surface area contributed by atoms with Crippen LogP contribution in [0, 0.1) is 5.92 Å². The van der Waals surface area contributed by atoms with Gasteiger partial charge in [-0.05, 0) is 45.7 Å². The molecular weight excluding hydrogens is 232 g/mol. The fourth-order valence-electron chi connectivity index (χ4n) is 2.28. The van der Waals surface area contributed by atoms with Crippen LogP contribution in [0.3, 0.4) is 0 Å². The zero-order valence-electron chi connectivity index (χ0n) is 11.4. The maximum Gasteiger partial charge on any atom is 0.321 e. The van der Waals surface area contributed by atoms with Gasteiger partial charge in [0.1, 0.15) is 0 Å². The summed E-state index contributed by atoms with van der Waals surface area (Å²) in [5.74, 6) is 0.282. The van der Waals surface area contributed by atoms with Gasteiger partial charge < -0.3 is 11.1 Å². The molecule has 0 spiro atoms. The van der Waals surface area contributed by atoms with E-state index in [-0.39, 0.29) is 18.0 Å². The van der Waals surface area contributed by atoms with E-state index in [1.165, 1.54) is 7.05 Å². The Bertz CT molecular complexity index is 298. The van der Waals surface area contributed by atoms with Gasteiger partial charge in [-0.3, -0.25) is 15.0 Å². The van der Waals surface area contributed by atoms with Gasteiger partial charge in [-0.15, -0.1) is 0 Å². The molecule has 0 aliphatic carbocycles. The predicted molar refractivity (Wildman–Crippen MR) is 70.0 cm³/mol. The highest BCUT2D eigenvalue weighted by Crippen LogP contribution is 2.20. The van der Waals surface area contributed by atoms with Crippen LogP contribution in [0.5, 0.6) is 0 Å². The lowest BCUT2D eigenvalue weighted by molar-refractivity contribution is -0.125. The van der Waals surface area contributed by atoms with Crippen LogP contribution < -0.4 is 16.4 Å². The molecule has 1 aliphatic rings. The molecule has 1 fully saturated rings. The van der Waals surface area contributed by atoms with Crippen LogP contribution in [0.1, 0.15) is 26.7 Å². The number of rotatable bonds is 3. The molecule has 2 unspecified atom stereocenters. The smallest absolute Gasteiger partial charge is 0.321 e. The molecule has 0 saturated carbocycles. The average molecular weight is 256 g/mol. The predicted octanol–water partition coefficient (Wildman–Crippen LogP) is -0.110. The number of nitrogens with zero attached hydrogens (tertiary/aromatic N) is 1. The van der Waals surface area contributed by atoms with Gasteiger partial charge in [-0.25, -0.2) is 4.79 Å². The molecule has 6 nitrogen and oxygen atoms in total. The molecular formula is C12H24N4O2. The minimum absolute atomic E-state index is 0.210. The van der Waals surface area contributed by atoms with E-state index >= 15 is 0 Å². The monoisotopic (exact) mass is 256 g/mol. The molecule has 1 aliphatic heterocycles. The Morgan fingerprint density at radius 1 is 1.28 bits per heavy atom. The van der Waals surface area contributed by atoms with Gasteiger partial charge in [0.25, 0.3) is 0 Å². The highest BCUT2D eigenvalue weighted by atomic mass is 16.2. The van der Waals surface area contributed by atoms with E-state index in [1.54, 1.807) is 0 Å². The highest BCUT2D eigenvalue weighted by molar-refractivity contribution is 5.96. The molecule has 0 aromatic carbocycles. The summed E-state index contributed by atoms with van der Waals surface area (Å²) in [5, 5.41) is 4.68. The van der Waals surface area contributed by atoms with Crippen molar-refractivity contribution >= 4 is 11.9 Å². The van der Waals surface area contributed by atoms with Crippen LogP contribution in [-0.4, -0.2) is 49.1 Å². The van der Waals surface area contributed by atoms with Crippen molar-refractivity contribution in [2.45, 2.75) is 38.8 Å². The summed E-state index contributed by atoms with van der Waals surface area (Å²) < 4.78 is 0. The van der Waals surface area contributed by atoms with Crippen molar-refractivity contribution in [1.29, 1.82) is 0 Å². The molecule has 18 heavy (non-hydrogen) atoms. The third-order valence-corrected chi connectivity index (χ3v) is 3.71. The highest BCUT2D eigenvalue weighted by Gasteiger charge is 2.28. The number of amides is 3. The fourth-order valence-corrected chi connectivity index (χ4v) is 2.28. The van der Waals surface area contributed by atoms with Crippen molar-refractivity contribution in [3.8, 4) is 0 Å². The first-order valence-electron chi connectivity index (χ1n) is 6.48. The molecule has 0 aromatic rings. The Balaban J connectivity index is 2.42. The summed E-state index contributed by atoms with van der Waals surface area (Å²) in [6, 6.07) is -0.532. The fraction of sp³-hybridized carbons (Fsp3) is 0.833. The van der Waals surface area contributed by atoms with Gasteiger partial charge in [0.15, 0.2) is 0 Å².